The fourth-order valence-corrected chi connectivity index (χ4v) is 3.66. The van der Waals surface area contributed by atoms with Crippen LogP contribution in [0.5, 0.6) is 11.5 Å². The zero-order valence-corrected chi connectivity index (χ0v) is 19.1. The third kappa shape index (κ3) is 5.92. The normalized spacial score (nSPS) is 17.1. The van der Waals surface area contributed by atoms with E-state index in [1.807, 2.05) is 0 Å². The van der Waals surface area contributed by atoms with Crippen molar-refractivity contribution in [1.82, 2.24) is 20.9 Å². The van der Waals surface area contributed by atoms with Crippen LogP contribution in [0.2, 0.25) is 0 Å². The van der Waals surface area contributed by atoms with Gasteiger partial charge in [0.15, 0.2) is 0 Å². The van der Waals surface area contributed by atoms with Crippen molar-refractivity contribution in [3.8, 4) is 23.8 Å². The van der Waals surface area contributed by atoms with Crippen LogP contribution >= 0.6 is 0 Å². The smallest absolute Gasteiger partial charge is 0.258 e. The average molecular weight is 445 g/mol. The molecule has 2 rings (SSSR count). The fraction of sp³-hybridized carbons (Fsp3) is 0.522. The second-order valence-electron chi connectivity index (χ2n) is 7.56. The van der Waals surface area contributed by atoms with Crippen LogP contribution in [0.3, 0.4) is 0 Å². The SMILES string of the molecule is C#CC[C@H](NC(=O)[C@H](C)NC)C(=O)N1CCCC1CNC(=O)c1c(OC)cccc1OC. The summed E-state index contributed by atoms with van der Waals surface area (Å²) >= 11 is 0. The number of amides is 3. The minimum absolute atomic E-state index is 0.0923. The summed E-state index contributed by atoms with van der Waals surface area (Å²) in [6.07, 6.45) is 7.06. The van der Waals surface area contributed by atoms with E-state index in [2.05, 4.69) is 21.9 Å². The molecule has 32 heavy (non-hydrogen) atoms. The van der Waals surface area contributed by atoms with E-state index in [4.69, 9.17) is 15.9 Å². The molecular weight excluding hydrogens is 412 g/mol. The summed E-state index contributed by atoms with van der Waals surface area (Å²) in [6, 6.07) is 3.64. The number of rotatable bonds is 10. The van der Waals surface area contributed by atoms with Crippen molar-refractivity contribution in [3.63, 3.8) is 0 Å². The maximum Gasteiger partial charge on any atom is 0.258 e. The number of nitrogens with one attached hydrogen (secondary N) is 3. The van der Waals surface area contributed by atoms with Crippen LogP contribution in [0.25, 0.3) is 0 Å². The number of methoxy groups -OCH3 is 2. The van der Waals surface area contributed by atoms with Gasteiger partial charge in [-0.05, 0) is 38.9 Å². The summed E-state index contributed by atoms with van der Waals surface area (Å²) in [7, 11) is 4.63. The molecule has 0 saturated carbocycles. The van der Waals surface area contributed by atoms with E-state index in [0.29, 0.717) is 23.6 Å². The van der Waals surface area contributed by atoms with Crippen molar-refractivity contribution >= 4 is 17.7 Å². The van der Waals surface area contributed by atoms with E-state index in [0.717, 1.165) is 12.8 Å². The van der Waals surface area contributed by atoms with Crippen LogP contribution in [0.15, 0.2) is 18.2 Å². The van der Waals surface area contributed by atoms with Gasteiger partial charge in [0.1, 0.15) is 23.1 Å². The molecule has 9 heteroatoms. The molecule has 1 aromatic rings. The lowest BCUT2D eigenvalue weighted by Gasteiger charge is -2.29. The molecule has 1 aliphatic rings. The third-order valence-corrected chi connectivity index (χ3v) is 5.58. The molecule has 1 aromatic carbocycles. The first-order chi connectivity index (χ1) is 15.4. The standard InChI is InChI=1S/C23H32N4O5/c1-6-9-17(26-21(28)15(2)24-3)23(30)27-13-8-10-16(27)14-25-22(29)20-18(31-4)11-7-12-19(20)32-5/h1,7,11-12,15-17,24H,8-10,13-14H2,2-5H3,(H,25,29)(H,26,28)/t15-,16?,17-/m0/s1. The predicted octanol–water partition coefficient (Wildman–Crippen LogP) is 0.541. The van der Waals surface area contributed by atoms with E-state index in [9.17, 15) is 14.4 Å². The van der Waals surface area contributed by atoms with Gasteiger partial charge in [0, 0.05) is 25.6 Å². The quantitative estimate of drug-likeness (QED) is 0.455. The molecule has 1 saturated heterocycles. The van der Waals surface area contributed by atoms with E-state index in [-0.39, 0.29) is 36.7 Å². The molecule has 3 amide bonds. The van der Waals surface area contributed by atoms with Crippen LogP contribution < -0.4 is 25.4 Å². The molecule has 1 fully saturated rings. The van der Waals surface area contributed by atoms with E-state index in [1.54, 1.807) is 37.1 Å². The summed E-state index contributed by atoms with van der Waals surface area (Å²) in [5.41, 5.74) is 0.298. The lowest BCUT2D eigenvalue weighted by Crippen LogP contribution is -2.54. The van der Waals surface area contributed by atoms with Gasteiger partial charge in [-0.15, -0.1) is 12.3 Å². The summed E-state index contributed by atoms with van der Waals surface area (Å²) in [4.78, 5) is 40.0. The molecule has 1 heterocycles. The zero-order valence-electron chi connectivity index (χ0n) is 19.1. The maximum atomic E-state index is 13.2. The second kappa shape index (κ2) is 12.0. The van der Waals surface area contributed by atoms with Crippen molar-refractivity contribution < 1.29 is 23.9 Å². The number of likely N-dealkylation sites (tertiary alicyclic amines) is 1. The second-order valence-corrected chi connectivity index (χ2v) is 7.56. The van der Waals surface area contributed by atoms with Gasteiger partial charge in [0.25, 0.3) is 5.91 Å². The van der Waals surface area contributed by atoms with Crippen molar-refractivity contribution in [1.29, 1.82) is 0 Å². The first kappa shape index (κ1) is 25.0. The molecule has 9 nitrogen and oxygen atoms in total. The van der Waals surface area contributed by atoms with Crippen LogP contribution in [-0.2, 0) is 9.59 Å². The van der Waals surface area contributed by atoms with Crippen LogP contribution in [-0.4, -0.2) is 75.1 Å². The number of nitrogens with zero attached hydrogens (tertiary/aromatic N) is 1. The van der Waals surface area contributed by atoms with Gasteiger partial charge in [0.05, 0.1) is 20.3 Å². The largest absolute Gasteiger partial charge is 0.496 e. The van der Waals surface area contributed by atoms with Gasteiger partial charge in [-0.1, -0.05) is 6.07 Å². The minimum atomic E-state index is -0.811. The van der Waals surface area contributed by atoms with Crippen molar-refractivity contribution in [2.75, 3.05) is 34.4 Å². The number of hydrogen-bond acceptors (Lipinski definition) is 6. The van der Waals surface area contributed by atoms with Crippen molar-refractivity contribution in [3.05, 3.63) is 23.8 Å². The number of benzene rings is 1. The number of ether oxygens (including phenoxy) is 2. The van der Waals surface area contributed by atoms with Crippen molar-refractivity contribution in [2.45, 2.75) is 44.3 Å². The number of terminal acetylenes is 1. The monoisotopic (exact) mass is 444 g/mol. The van der Waals surface area contributed by atoms with Gasteiger partial charge >= 0.3 is 0 Å². The molecule has 0 aliphatic carbocycles. The van der Waals surface area contributed by atoms with Gasteiger partial charge in [0.2, 0.25) is 11.8 Å². The van der Waals surface area contributed by atoms with Crippen LogP contribution in [0.4, 0.5) is 0 Å². The first-order valence-electron chi connectivity index (χ1n) is 10.6. The van der Waals surface area contributed by atoms with E-state index in [1.165, 1.54) is 14.2 Å². The molecule has 3 atom stereocenters. The summed E-state index contributed by atoms with van der Waals surface area (Å²) in [5.74, 6) is 2.37. The lowest BCUT2D eigenvalue weighted by atomic mass is 10.1. The van der Waals surface area contributed by atoms with Crippen molar-refractivity contribution in [2.24, 2.45) is 0 Å². The number of likely N-dealkylation sites (N-methyl/N-ethyl adjacent to an activating group) is 1. The number of carbonyl (C=O) groups is 3. The maximum absolute atomic E-state index is 13.2. The van der Waals surface area contributed by atoms with Gasteiger partial charge in [-0.25, -0.2) is 0 Å². The average Bonchev–Trinajstić information content (AvgIpc) is 3.28. The highest BCUT2D eigenvalue weighted by Crippen LogP contribution is 2.28. The number of carbonyl (C=O) groups excluding carboxylic acids is 3. The van der Waals surface area contributed by atoms with Crippen LogP contribution in [0.1, 0.15) is 36.5 Å². The molecule has 0 spiro atoms. The first-order valence-corrected chi connectivity index (χ1v) is 10.6. The Morgan fingerprint density at radius 1 is 1.25 bits per heavy atom. The highest BCUT2D eigenvalue weighted by molar-refractivity contribution is 5.99. The molecule has 1 unspecified atom stereocenters. The van der Waals surface area contributed by atoms with Gasteiger partial charge < -0.3 is 30.3 Å². The summed E-state index contributed by atoms with van der Waals surface area (Å²) in [5, 5.41) is 8.45. The topological polar surface area (TPSA) is 109 Å². The Morgan fingerprint density at radius 3 is 2.47 bits per heavy atom. The van der Waals surface area contributed by atoms with Gasteiger partial charge in [-0.3, -0.25) is 14.4 Å². The molecule has 3 N–H and O–H groups in total. The summed E-state index contributed by atoms with van der Waals surface area (Å²) in [6.45, 7) is 2.50. The Hall–Kier alpha value is -3.25. The van der Waals surface area contributed by atoms with Crippen LogP contribution in [0, 0.1) is 12.3 Å². The Morgan fingerprint density at radius 2 is 1.91 bits per heavy atom. The molecule has 0 radical (unpaired) electrons. The lowest BCUT2D eigenvalue weighted by molar-refractivity contribution is -0.137. The van der Waals surface area contributed by atoms with Gasteiger partial charge in [-0.2, -0.15) is 0 Å². The Kier molecular flexibility index (Phi) is 9.35. The molecule has 1 aliphatic heterocycles. The molecular formula is C23H32N4O5. The summed E-state index contributed by atoms with van der Waals surface area (Å²) < 4.78 is 10.6. The Balaban J connectivity index is 2.08. The molecule has 0 aromatic heterocycles. The minimum Gasteiger partial charge on any atom is -0.496 e. The predicted molar refractivity (Wildman–Crippen MR) is 121 cm³/mol. The zero-order chi connectivity index (χ0) is 23.7. The number of hydrogen-bond donors (Lipinski definition) is 3. The highest BCUT2D eigenvalue weighted by Gasteiger charge is 2.34. The van der Waals surface area contributed by atoms with E-state index >= 15 is 0 Å². The Bertz CT molecular complexity index is 844. The molecule has 0 bridgehead atoms. The fourth-order valence-electron chi connectivity index (χ4n) is 3.66. The highest BCUT2D eigenvalue weighted by atomic mass is 16.5. The van der Waals surface area contributed by atoms with E-state index < -0.39 is 12.1 Å². The third-order valence-electron chi connectivity index (χ3n) is 5.58. The molecule has 174 valence electrons. The Labute approximate surface area is 189 Å².